The summed E-state index contributed by atoms with van der Waals surface area (Å²) in [6.07, 6.45) is 3.12. The van der Waals surface area contributed by atoms with E-state index >= 15 is 0 Å². The van der Waals surface area contributed by atoms with Crippen LogP contribution in [-0.4, -0.2) is 42.1 Å². The molecule has 2 aromatic carbocycles. The first-order valence-corrected chi connectivity index (χ1v) is 13.5. The quantitative estimate of drug-likeness (QED) is 0.377. The summed E-state index contributed by atoms with van der Waals surface area (Å²) in [7, 11) is 0. The molecule has 0 spiro atoms. The van der Waals surface area contributed by atoms with Gasteiger partial charge in [-0.1, -0.05) is 25.0 Å². The molecule has 3 aliphatic rings. The molecule has 204 valence electrons. The number of halogens is 3. The summed E-state index contributed by atoms with van der Waals surface area (Å²) in [4.78, 5) is 6.79. The number of oxazole rings is 1. The molecule has 2 aliphatic carbocycles. The Balaban J connectivity index is 1.13. The second-order valence-electron chi connectivity index (χ2n) is 10.7. The Morgan fingerprint density at radius 3 is 2.51 bits per heavy atom. The highest BCUT2D eigenvalue weighted by Gasteiger charge is 2.46. The molecule has 0 amide bonds. The number of nitrogens with one attached hydrogen (secondary N) is 2. The van der Waals surface area contributed by atoms with Crippen LogP contribution in [0.25, 0.3) is 11.3 Å². The van der Waals surface area contributed by atoms with Gasteiger partial charge in [0.15, 0.2) is 5.76 Å². The summed E-state index contributed by atoms with van der Waals surface area (Å²) in [6, 6.07) is 17.3. The van der Waals surface area contributed by atoms with Gasteiger partial charge >= 0.3 is 6.36 Å². The first-order chi connectivity index (χ1) is 18.9. The van der Waals surface area contributed by atoms with E-state index in [4.69, 9.17) is 9.68 Å². The van der Waals surface area contributed by atoms with Crippen molar-refractivity contribution in [2.24, 2.45) is 5.92 Å². The molecule has 1 saturated heterocycles. The lowest BCUT2D eigenvalue weighted by Crippen LogP contribution is -2.56. The van der Waals surface area contributed by atoms with Crippen molar-refractivity contribution >= 4 is 11.7 Å². The van der Waals surface area contributed by atoms with E-state index in [1.165, 1.54) is 24.4 Å². The highest BCUT2D eigenvalue weighted by Crippen LogP contribution is 2.41. The molecule has 0 unspecified atom stereocenters. The molecule has 39 heavy (non-hydrogen) atoms. The first-order valence-electron chi connectivity index (χ1n) is 13.5. The molecule has 2 bridgehead atoms. The lowest BCUT2D eigenvalue weighted by Gasteiger charge is -2.40. The van der Waals surface area contributed by atoms with Crippen molar-refractivity contribution in [2.45, 2.75) is 69.1 Å². The normalized spacial score (nSPS) is 26.4. The van der Waals surface area contributed by atoms with Crippen LogP contribution in [0.15, 0.2) is 59.1 Å². The lowest BCUT2D eigenvalue weighted by molar-refractivity contribution is -0.274. The standard InChI is InChI=1S/C29H30F3N5O2/c30-29(31,32)39-26-8-4-1-5-21(26)27-16-34-28(38-27)36-23-7-3-2-6-22(23)35-24-13-19-14-25(24)37(17-19)20-11-9-18(15-33)10-12-20/h1,4-5,8-12,16,19,22-25,35H,2-3,6-7,13-14,17H2,(H,34,36)/t19-,22-,23-,24+,25-/m1/s1. The lowest BCUT2D eigenvalue weighted by atomic mass is 9.89. The number of benzene rings is 2. The van der Waals surface area contributed by atoms with Crippen LogP contribution in [0.1, 0.15) is 44.1 Å². The summed E-state index contributed by atoms with van der Waals surface area (Å²) in [6.45, 7) is 1.04. The SMILES string of the molecule is N#Cc1ccc(N2C[C@@H]3C[C@H](N[C@@H]4CCCC[C@H]4Nc4ncc(-c5ccccc5OC(F)(F)F)o4)[C@H]2C3)cc1. The van der Waals surface area contributed by atoms with E-state index in [0.717, 1.165) is 50.8 Å². The van der Waals surface area contributed by atoms with E-state index in [1.807, 2.05) is 24.3 Å². The molecule has 1 aromatic heterocycles. The zero-order valence-electron chi connectivity index (χ0n) is 21.3. The molecule has 7 nitrogen and oxygen atoms in total. The number of nitriles is 1. The first kappa shape index (κ1) is 25.6. The number of rotatable bonds is 7. The van der Waals surface area contributed by atoms with E-state index in [1.54, 1.807) is 6.07 Å². The van der Waals surface area contributed by atoms with Gasteiger partial charge in [-0.2, -0.15) is 5.26 Å². The van der Waals surface area contributed by atoms with Crippen molar-refractivity contribution in [3.63, 3.8) is 0 Å². The predicted octanol–water partition coefficient (Wildman–Crippen LogP) is 6.09. The molecule has 2 N–H and O–H groups in total. The zero-order valence-corrected chi connectivity index (χ0v) is 21.3. The molecule has 3 aromatic rings. The number of alkyl halides is 3. The maximum Gasteiger partial charge on any atom is 0.573 e. The summed E-state index contributed by atoms with van der Waals surface area (Å²) < 4.78 is 48.6. The van der Waals surface area contributed by atoms with Gasteiger partial charge in [0, 0.05) is 36.4 Å². The maximum atomic E-state index is 12.9. The number of hydrogen-bond acceptors (Lipinski definition) is 7. The fraction of sp³-hybridized carbons (Fsp3) is 0.448. The number of nitrogens with zero attached hydrogens (tertiary/aromatic N) is 3. The van der Waals surface area contributed by atoms with Gasteiger partial charge < -0.3 is 24.7 Å². The predicted molar refractivity (Wildman–Crippen MR) is 140 cm³/mol. The average Bonchev–Trinajstić information content (AvgIpc) is 3.66. The minimum Gasteiger partial charge on any atom is -0.423 e. The zero-order chi connectivity index (χ0) is 27.0. The smallest absolute Gasteiger partial charge is 0.423 e. The third-order valence-corrected chi connectivity index (χ3v) is 8.20. The number of fused-ring (bicyclic) bond motifs is 2. The van der Waals surface area contributed by atoms with E-state index in [9.17, 15) is 13.2 Å². The van der Waals surface area contributed by atoms with Gasteiger partial charge in [-0.3, -0.25) is 0 Å². The fourth-order valence-electron chi connectivity index (χ4n) is 6.51. The van der Waals surface area contributed by atoms with E-state index in [-0.39, 0.29) is 35.2 Å². The molecular formula is C29H30F3N5O2. The Bertz CT molecular complexity index is 1340. The van der Waals surface area contributed by atoms with Gasteiger partial charge in [-0.25, -0.2) is 4.98 Å². The van der Waals surface area contributed by atoms with Crippen LogP contribution in [0.4, 0.5) is 24.9 Å². The summed E-state index contributed by atoms with van der Waals surface area (Å²) in [5.41, 5.74) is 2.02. The van der Waals surface area contributed by atoms with Crippen LogP contribution in [0.3, 0.4) is 0 Å². The number of ether oxygens (including phenoxy) is 1. The van der Waals surface area contributed by atoms with Crippen molar-refractivity contribution in [1.82, 2.24) is 10.3 Å². The van der Waals surface area contributed by atoms with Gasteiger partial charge in [0.25, 0.3) is 6.01 Å². The molecule has 1 aliphatic heterocycles. The van der Waals surface area contributed by atoms with E-state index < -0.39 is 6.36 Å². The average molecular weight is 538 g/mol. The van der Waals surface area contributed by atoms with Crippen LogP contribution in [0.5, 0.6) is 5.75 Å². The Morgan fingerprint density at radius 1 is 1.00 bits per heavy atom. The Kier molecular flexibility index (Phi) is 6.85. The third kappa shape index (κ3) is 5.55. The van der Waals surface area contributed by atoms with Crippen LogP contribution in [-0.2, 0) is 0 Å². The van der Waals surface area contributed by atoms with Crippen molar-refractivity contribution in [1.29, 1.82) is 5.26 Å². The van der Waals surface area contributed by atoms with Gasteiger partial charge in [0.05, 0.1) is 23.4 Å². The van der Waals surface area contributed by atoms with Gasteiger partial charge in [0.2, 0.25) is 0 Å². The number of hydrogen-bond donors (Lipinski definition) is 2. The summed E-state index contributed by atoms with van der Waals surface area (Å²) in [5.74, 6) is 0.531. The number of piperidine rings is 1. The van der Waals surface area contributed by atoms with Gasteiger partial charge in [-0.05, 0) is 68.0 Å². The molecule has 2 saturated carbocycles. The molecular weight excluding hydrogens is 507 g/mol. The van der Waals surface area contributed by atoms with Crippen molar-refractivity contribution in [3.8, 4) is 23.1 Å². The Hall–Kier alpha value is -3.71. The second kappa shape index (κ2) is 10.5. The second-order valence-corrected chi connectivity index (χ2v) is 10.7. The van der Waals surface area contributed by atoms with Crippen LogP contribution >= 0.6 is 0 Å². The van der Waals surface area contributed by atoms with Crippen LogP contribution in [0, 0.1) is 17.2 Å². The van der Waals surface area contributed by atoms with Crippen molar-refractivity contribution in [3.05, 3.63) is 60.3 Å². The summed E-state index contributed by atoms with van der Waals surface area (Å²) >= 11 is 0. The van der Waals surface area contributed by atoms with Crippen LogP contribution in [0.2, 0.25) is 0 Å². The Morgan fingerprint density at radius 2 is 1.77 bits per heavy atom. The number of para-hydroxylation sites is 1. The Labute approximate surface area is 225 Å². The molecule has 5 atom stereocenters. The molecule has 6 rings (SSSR count). The highest BCUT2D eigenvalue weighted by atomic mass is 19.4. The van der Waals surface area contributed by atoms with Crippen molar-refractivity contribution < 1.29 is 22.3 Å². The fourth-order valence-corrected chi connectivity index (χ4v) is 6.51. The number of aromatic nitrogens is 1. The monoisotopic (exact) mass is 537 g/mol. The third-order valence-electron chi connectivity index (χ3n) is 8.20. The van der Waals surface area contributed by atoms with Crippen molar-refractivity contribution in [2.75, 3.05) is 16.8 Å². The van der Waals surface area contributed by atoms with Gasteiger partial charge in [0.1, 0.15) is 5.75 Å². The van der Waals surface area contributed by atoms with Crippen LogP contribution < -0.4 is 20.3 Å². The number of anilines is 2. The van der Waals surface area contributed by atoms with E-state index in [0.29, 0.717) is 23.6 Å². The molecule has 10 heteroatoms. The molecule has 2 heterocycles. The topological polar surface area (TPSA) is 86.4 Å². The molecule has 0 radical (unpaired) electrons. The summed E-state index contributed by atoms with van der Waals surface area (Å²) in [5, 5.41) is 16.5. The minimum absolute atomic E-state index is 0.0920. The van der Waals surface area contributed by atoms with Gasteiger partial charge in [-0.15, -0.1) is 13.2 Å². The highest BCUT2D eigenvalue weighted by molar-refractivity contribution is 5.65. The molecule has 3 fully saturated rings. The van der Waals surface area contributed by atoms with E-state index in [2.05, 4.69) is 31.3 Å². The maximum absolute atomic E-state index is 12.9. The largest absolute Gasteiger partial charge is 0.573 e. The minimum atomic E-state index is -4.80.